The van der Waals surface area contributed by atoms with Gasteiger partial charge in [0.05, 0.1) is 17.9 Å². The summed E-state index contributed by atoms with van der Waals surface area (Å²) in [5.74, 6) is 1.45. The summed E-state index contributed by atoms with van der Waals surface area (Å²) >= 11 is 0. The van der Waals surface area contributed by atoms with Crippen molar-refractivity contribution < 1.29 is 14.3 Å². The average molecular weight is 656 g/mol. The number of carbonyl (C=O) groups excluding carboxylic acids is 2. The molecular weight excluding hydrogens is 606 g/mol. The van der Waals surface area contributed by atoms with Crippen LogP contribution in [0.4, 0.5) is 10.6 Å². The van der Waals surface area contributed by atoms with Gasteiger partial charge < -0.3 is 20.3 Å². The standard InChI is InChI=1S/C36H49N9O3/c1-34(2,3)27-19-28(39-30(38-27)31(46)41-36(7,8)21-44(9)10)40-33(47)37-25-16-17-26(24-14-12-11-13-23(24)25)48-22-15-18-29-42-43-32(35(4,5)6)45(29)20-22/h11-15,18-20,25-26H,16-17,21H2,1-10H3,(H,41,46)(H2,37,38,39,40,47)/t25-,26+/m0/s1. The van der Waals surface area contributed by atoms with E-state index in [2.05, 4.69) is 56.9 Å². The van der Waals surface area contributed by atoms with Crippen molar-refractivity contribution in [3.63, 3.8) is 0 Å². The summed E-state index contributed by atoms with van der Waals surface area (Å²) in [5, 5.41) is 17.7. The van der Waals surface area contributed by atoms with E-state index in [1.54, 1.807) is 6.07 Å². The van der Waals surface area contributed by atoms with Crippen molar-refractivity contribution in [2.24, 2.45) is 0 Å². The zero-order chi connectivity index (χ0) is 35.0. The Hall–Kier alpha value is -4.58. The largest absolute Gasteiger partial charge is 0.484 e. The van der Waals surface area contributed by atoms with Crippen LogP contribution >= 0.6 is 0 Å². The second kappa shape index (κ2) is 13.1. The summed E-state index contributed by atoms with van der Waals surface area (Å²) in [4.78, 5) is 37.7. The van der Waals surface area contributed by atoms with Crippen LogP contribution < -0.4 is 20.7 Å². The number of likely N-dealkylation sites (N-methyl/N-ethyl adjacent to an activating group) is 1. The molecule has 1 aliphatic rings. The SMILES string of the molecule is CN(C)CC(C)(C)NC(=O)c1nc(NC(=O)N[C@H]2CC[C@@H](Oc3ccc4nnc(C(C)(C)C)n4c3)c3ccccc32)cc(C(C)(C)C)n1. The molecule has 48 heavy (non-hydrogen) atoms. The lowest BCUT2D eigenvalue weighted by Crippen LogP contribution is -2.50. The second-order valence-corrected chi connectivity index (χ2v) is 15.6. The smallest absolute Gasteiger partial charge is 0.320 e. The van der Waals surface area contributed by atoms with E-state index in [0.29, 0.717) is 25.1 Å². The maximum Gasteiger partial charge on any atom is 0.320 e. The van der Waals surface area contributed by atoms with Crippen LogP contribution in [0.3, 0.4) is 0 Å². The number of fused-ring (bicyclic) bond motifs is 2. The van der Waals surface area contributed by atoms with E-state index in [-0.39, 0.29) is 34.6 Å². The molecule has 1 aromatic carbocycles. The van der Waals surface area contributed by atoms with Gasteiger partial charge in [-0.1, -0.05) is 65.8 Å². The third kappa shape index (κ3) is 8.10. The van der Waals surface area contributed by atoms with Crippen LogP contribution in [0.25, 0.3) is 5.65 Å². The lowest BCUT2D eigenvalue weighted by molar-refractivity contribution is 0.0888. The second-order valence-electron chi connectivity index (χ2n) is 15.6. The Balaban J connectivity index is 1.32. The number of nitrogens with one attached hydrogen (secondary N) is 3. The van der Waals surface area contributed by atoms with Gasteiger partial charge >= 0.3 is 6.03 Å². The van der Waals surface area contributed by atoms with E-state index >= 15 is 0 Å². The van der Waals surface area contributed by atoms with Gasteiger partial charge in [0, 0.05) is 29.0 Å². The Morgan fingerprint density at radius 3 is 2.29 bits per heavy atom. The molecule has 12 heteroatoms. The highest BCUT2D eigenvalue weighted by atomic mass is 16.5. The first-order valence-corrected chi connectivity index (χ1v) is 16.4. The monoisotopic (exact) mass is 655 g/mol. The number of urea groups is 1. The molecule has 4 aromatic rings. The molecule has 12 nitrogen and oxygen atoms in total. The van der Waals surface area contributed by atoms with Crippen LogP contribution in [0.2, 0.25) is 0 Å². The van der Waals surface area contributed by atoms with Crippen molar-refractivity contribution in [2.75, 3.05) is 26.0 Å². The molecule has 3 N–H and O–H groups in total. The van der Waals surface area contributed by atoms with Gasteiger partial charge in [-0.25, -0.2) is 14.8 Å². The molecule has 3 amide bonds. The summed E-state index contributed by atoms with van der Waals surface area (Å²) in [6.07, 6.45) is 3.12. The molecule has 3 aromatic heterocycles. The molecule has 0 unspecified atom stereocenters. The molecule has 2 atom stereocenters. The fourth-order valence-corrected chi connectivity index (χ4v) is 6.14. The molecule has 0 bridgehead atoms. The Morgan fingerprint density at radius 2 is 1.62 bits per heavy atom. The average Bonchev–Trinajstić information content (AvgIpc) is 3.41. The van der Waals surface area contributed by atoms with Crippen LogP contribution in [0.5, 0.6) is 5.75 Å². The Morgan fingerprint density at radius 1 is 0.917 bits per heavy atom. The predicted molar refractivity (Wildman–Crippen MR) is 186 cm³/mol. The third-order valence-electron chi connectivity index (χ3n) is 8.17. The molecule has 1 aliphatic carbocycles. The summed E-state index contributed by atoms with van der Waals surface area (Å²) < 4.78 is 8.53. The van der Waals surface area contributed by atoms with Gasteiger partial charge in [-0.2, -0.15) is 0 Å². The lowest BCUT2D eigenvalue weighted by atomic mass is 9.85. The number of nitrogens with zero attached hydrogens (tertiary/aromatic N) is 6. The molecule has 0 radical (unpaired) electrons. The number of rotatable bonds is 8. The van der Waals surface area contributed by atoms with Crippen molar-refractivity contribution >= 4 is 23.4 Å². The molecule has 3 heterocycles. The third-order valence-corrected chi connectivity index (χ3v) is 8.17. The first-order chi connectivity index (χ1) is 22.4. The first-order valence-electron chi connectivity index (χ1n) is 16.4. The number of benzene rings is 1. The number of hydrogen-bond acceptors (Lipinski definition) is 8. The van der Waals surface area contributed by atoms with Gasteiger partial charge in [0.1, 0.15) is 23.5 Å². The highest BCUT2D eigenvalue weighted by Gasteiger charge is 2.31. The van der Waals surface area contributed by atoms with Gasteiger partial charge in [-0.05, 0) is 64.0 Å². The van der Waals surface area contributed by atoms with Crippen molar-refractivity contribution in [3.05, 3.63) is 77.1 Å². The molecule has 0 aliphatic heterocycles. The zero-order valence-corrected chi connectivity index (χ0v) is 29.8. The van der Waals surface area contributed by atoms with E-state index in [0.717, 1.165) is 28.3 Å². The number of anilines is 1. The number of ether oxygens (including phenoxy) is 1. The van der Waals surface area contributed by atoms with E-state index < -0.39 is 17.5 Å². The topological polar surface area (TPSA) is 139 Å². The number of aromatic nitrogens is 5. The minimum Gasteiger partial charge on any atom is -0.484 e. The fourth-order valence-electron chi connectivity index (χ4n) is 6.14. The summed E-state index contributed by atoms with van der Waals surface area (Å²) in [6, 6.07) is 12.9. The summed E-state index contributed by atoms with van der Waals surface area (Å²) in [7, 11) is 3.90. The quantitative estimate of drug-likeness (QED) is 0.211. The van der Waals surface area contributed by atoms with E-state index in [9.17, 15) is 9.59 Å². The van der Waals surface area contributed by atoms with Gasteiger partial charge in [0.2, 0.25) is 5.82 Å². The minimum absolute atomic E-state index is 0.00633. The van der Waals surface area contributed by atoms with Crippen LogP contribution in [0, 0.1) is 0 Å². The molecule has 0 fully saturated rings. The van der Waals surface area contributed by atoms with Crippen molar-refractivity contribution in [3.8, 4) is 5.75 Å². The van der Waals surface area contributed by atoms with Crippen molar-refractivity contribution in [2.45, 2.75) is 96.7 Å². The molecule has 256 valence electrons. The normalized spacial score (nSPS) is 16.8. The van der Waals surface area contributed by atoms with Crippen molar-refractivity contribution in [1.82, 2.24) is 40.1 Å². The lowest BCUT2D eigenvalue weighted by Gasteiger charge is -2.32. The number of pyridine rings is 1. The number of amides is 3. The highest BCUT2D eigenvalue weighted by Crippen LogP contribution is 2.39. The predicted octanol–water partition coefficient (Wildman–Crippen LogP) is 5.96. The Kier molecular flexibility index (Phi) is 9.51. The minimum atomic E-state index is -0.512. The van der Waals surface area contributed by atoms with E-state index in [1.807, 2.05) is 101 Å². The van der Waals surface area contributed by atoms with Gasteiger partial charge in [-0.3, -0.25) is 14.5 Å². The maximum absolute atomic E-state index is 13.4. The van der Waals surface area contributed by atoms with Gasteiger partial charge in [0.15, 0.2) is 5.65 Å². The molecule has 0 spiro atoms. The van der Waals surface area contributed by atoms with Gasteiger partial charge in [0.25, 0.3) is 5.91 Å². The number of carbonyl (C=O) groups is 2. The Bertz CT molecular complexity index is 1800. The van der Waals surface area contributed by atoms with Gasteiger partial charge in [-0.15, -0.1) is 10.2 Å². The zero-order valence-electron chi connectivity index (χ0n) is 29.8. The van der Waals surface area contributed by atoms with E-state index in [1.165, 1.54) is 0 Å². The van der Waals surface area contributed by atoms with E-state index in [4.69, 9.17) is 4.74 Å². The van der Waals surface area contributed by atoms with Crippen LogP contribution in [0.15, 0.2) is 48.7 Å². The fraction of sp³-hybridized carbons (Fsp3) is 0.500. The molecule has 0 saturated carbocycles. The Labute approximate surface area is 283 Å². The van der Waals surface area contributed by atoms with Crippen LogP contribution in [0.1, 0.15) is 114 Å². The molecule has 5 rings (SSSR count). The molecular formula is C36H49N9O3. The maximum atomic E-state index is 13.4. The van der Waals surface area contributed by atoms with Crippen LogP contribution in [-0.4, -0.2) is 67.6 Å². The number of hydrogen-bond donors (Lipinski definition) is 3. The van der Waals surface area contributed by atoms with Crippen molar-refractivity contribution in [1.29, 1.82) is 0 Å². The van der Waals surface area contributed by atoms with Crippen LogP contribution in [-0.2, 0) is 10.8 Å². The summed E-state index contributed by atoms with van der Waals surface area (Å²) in [6.45, 7) is 16.9. The molecule has 0 saturated heterocycles. The first kappa shape index (κ1) is 34.7. The summed E-state index contributed by atoms with van der Waals surface area (Å²) in [5.41, 5.74) is 2.36. The highest BCUT2D eigenvalue weighted by molar-refractivity contribution is 5.93.